The minimum absolute atomic E-state index is 0.150. The van der Waals surface area contributed by atoms with Crippen molar-refractivity contribution in [2.45, 2.75) is 25.3 Å². The quantitative estimate of drug-likeness (QED) is 0.838. The van der Waals surface area contributed by atoms with Crippen molar-refractivity contribution in [3.8, 4) is 0 Å². The molecule has 0 aliphatic rings. The first-order chi connectivity index (χ1) is 7.41. The molecule has 2 atom stereocenters. The molecule has 16 heavy (non-hydrogen) atoms. The van der Waals surface area contributed by atoms with E-state index in [1.165, 1.54) is 0 Å². The molecule has 0 aliphatic heterocycles. The SMILES string of the molecule is CC(Cl)C(=O)NC(C)c1ccc(Cl)c(Cl)c1. The Morgan fingerprint density at radius 3 is 2.38 bits per heavy atom. The van der Waals surface area contributed by atoms with Gasteiger partial charge in [-0.15, -0.1) is 11.6 Å². The number of amides is 1. The van der Waals surface area contributed by atoms with Gasteiger partial charge in [0.2, 0.25) is 5.91 Å². The molecule has 2 nitrogen and oxygen atoms in total. The van der Waals surface area contributed by atoms with E-state index in [-0.39, 0.29) is 11.9 Å². The molecule has 2 unspecified atom stereocenters. The Bertz CT molecular complexity index is 393. The summed E-state index contributed by atoms with van der Waals surface area (Å²) < 4.78 is 0. The number of benzene rings is 1. The number of alkyl halides is 1. The van der Waals surface area contributed by atoms with Crippen LogP contribution >= 0.6 is 34.8 Å². The molecule has 1 aromatic carbocycles. The Kier molecular flexibility index (Phi) is 4.90. The van der Waals surface area contributed by atoms with Crippen molar-refractivity contribution in [1.82, 2.24) is 5.32 Å². The summed E-state index contributed by atoms with van der Waals surface area (Å²) in [6, 6.07) is 5.10. The Hall–Kier alpha value is -0.440. The highest BCUT2D eigenvalue weighted by molar-refractivity contribution is 6.42. The molecular weight excluding hydrogens is 268 g/mol. The summed E-state index contributed by atoms with van der Waals surface area (Å²) in [4.78, 5) is 11.4. The van der Waals surface area contributed by atoms with Crippen LogP contribution in [0.3, 0.4) is 0 Å². The first kappa shape index (κ1) is 13.6. The molecule has 0 radical (unpaired) electrons. The average Bonchev–Trinajstić information content (AvgIpc) is 2.21. The molecule has 88 valence electrons. The third-order valence-electron chi connectivity index (χ3n) is 2.16. The zero-order valence-electron chi connectivity index (χ0n) is 8.93. The van der Waals surface area contributed by atoms with E-state index in [0.29, 0.717) is 10.0 Å². The van der Waals surface area contributed by atoms with Crippen molar-refractivity contribution < 1.29 is 4.79 Å². The van der Waals surface area contributed by atoms with Gasteiger partial charge in [-0.25, -0.2) is 0 Å². The van der Waals surface area contributed by atoms with E-state index in [1.807, 2.05) is 13.0 Å². The fraction of sp³-hybridized carbons (Fsp3) is 0.364. The Labute approximate surface area is 110 Å². The van der Waals surface area contributed by atoms with Crippen LogP contribution in [0.4, 0.5) is 0 Å². The van der Waals surface area contributed by atoms with Gasteiger partial charge >= 0.3 is 0 Å². The van der Waals surface area contributed by atoms with Gasteiger partial charge in [0.05, 0.1) is 16.1 Å². The van der Waals surface area contributed by atoms with Gasteiger partial charge in [-0.3, -0.25) is 4.79 Å². The molecule has 0 aliphatic carbocycles. The Morgan fingerprint density at radius 1 is 1.25 bits per heavy atom. The summed E-state index contributed by atoms with van der Waals surface area (Å²) in [6.45, 7) is 3.48. The summed E-state index contributed by atoms with van der Waals surface area (Å²) in [5, 5.41) is 3.19. The first-order valence-electron chi connectivity index (χ1n) is 4.81. The van der Waals surface area contributed by atoms with E-state index < -0.39 is 5.38 Å². The van der Waals surface area contributed by atoms with Gasteiger partial charge in [0.15, 0.2) is 0 Å². The standard InChI is InChI=1S/C11H12Cl3NO/c1-6(12)11(16)15-7(2)8-3-4-9(13)10(14)5-8/h3-7H,1-2H3,(H,15,16). The number of rotatable bonds is 3. The van der Waals surface area contributed by atoms with Crippen LogP contribution < -0.4 is 5.32 Å². The molecule has 1 amide bonds. The van der Waals surface area contributed by atoms with Gasteiger partial charge in [0.25, 0.3) is 0 Å². The predicted molar refractivity (Wildman–Crippen MR) is 68.3 cm³/mol. The lowest BCUT2D eigenvalue weighted by Gasteiger charge is -2.15. The highest BCUT2D eigenvalue weighted by Crippen LogP contribution is 2.25. The smallest absolute Gasteiger partial charge is 0.238 e. The molecule has 0 saturated heterocycles. The zero-order valence-corrected chi connectivity index (χ0v) is 11.2. The van der Waals surface area contributed by atoms with Crippen molar-refractivity contribution in [1.29, 1.82) is 0 Å². The van der Waals surface area contributed by atoms with E-state index in [4.69, 9.17) is 34.8 Å². The van der Waals surface area contributed by atoms with Crippen LogP contribution in [-0.4, -0.2) is 11.3 Å². The maximum atomic E-state index is 11.4. The molecule has 0 heterocycles. The van der Waals surface area contributed by atoms with Crippen LogP contribution in [0.5, 0.6) is 0 Å². The molecule has 1 rings (SSSR count). The fourth-order valence-corrected chi connectivity index (χ4v) is 1.56. The number of hydrogen-bond donors (Lipinski definition) is 1. The van der Waals surface area contributed by atoms with Crippen molar-refractivity contribution in [3.63, 3.8) is 0 Å². The lowest BCUT2D eigenvalue weighted by molar-refractivity contribution is -0.121. The Morgan fingerprint density at radius 2 is 1.88 bits per heavy atom. The predicted octanol–water partition coefficient (Wildman–Crippen LogP) is 3.80. The molecule has 0 fully saturated rings. The van der Waals surface area contributed by atoms with Gasteiger partial charge in [-0.1, -0.05) is 29.3 Å². The second-order valence-corrected chi connectivity index (χ2v) is 4.99. The van der Waals surface area contributed by atoms with Crippen LogP contribution in [-0.2, 0) is 4.79 Å². The van der Waals surface area contributed by atoms with Gasteiger partial charge in [0, 0.05) is 0 Å². The molecular formula is C11H12Cl3NO. The van der Waals surface area contributed by atoms with E-state index in [2.05, 4.69) is 5.32 Å². The molecule has 0 saturated carbocycles. The van der Waals surface area contributed by atoms with E-state index >= 15 is 0 Å². The van der Waals surface area contributed by atoms with Crippen LogP contribution in [0.2, 0.25) is 10.0 Å². The normalized spacial score (nSPS) is 14.3. The van der Waals surface area contributed by atoms with Crippen molar-refractivity contribution in [3.05, 3.63) is 33.8 Å². The van der Waals surface area contributed by atoms with Crippen LogP contribution in [0.1, 0.15) is 25.5 Å². The second kappa shape index (κ2) is 5.76. The van der Waals surface area contributed by atoms with E-state index in [0.717, 1.165) is 5.56 Å². The van der Waals surface area contributed by atoms with Gasteiger partial charge in [0.1, 0.15) is 5.38 Å². The second-order valence-electron chi connectivity index (χ2n) is 3.52. The summed E-state index contributed by atoms with van der Waals surface area (Å²) in [5.74, 6) is -0.208. The van der Waals surface area contributed by atoms with Crippen molar-refractivity contribution in [2.75, 3.05) is 0 Å². The third-order valence-corrected chi connectivity index (χ3v) is 3.10. The van der Waals surface area contributed by atoms with Crippen LogP contribution in [0.25, 0.3) is 0 Å². The summed E-state index contributed by atoms with van der Waals surface area (Å²) in [6.07, 6.45) is 0. The molecule has 1 N–H and O–H groups in total. The molecule has 1 aromatic rings. The Balaban J connectivity index is 2.77. The summed E-state index contributed by atoms with van der Waals surface area (Å²) in [7, 11) is 0. The molecule has 0 bridgehead atoms. The lowest BCUT2D eigenvalue weighted by atomic mass is 10.1. The van der Waals surface area contributed by atoms with E-state index in [1.54, 1.807) is 19.1 Å². The summed E-state index contributed by atoms with van der Waals surface area (Å²) in [5.41, 5.74) is 0.889. The molecule has 0 spiro atoms. The average molecular weight is 281 g/mol. The zero-order chi connectivity index (χ0) is 12.3. The van der Waals surface area contributed by atoms with Crippen LogP contribution in [0.15, 0.2) is 18.2 Å². The topological polar surface area (TPSA) is 29.1 Å². The number of halogens is 3. The molecule has 0 aromatic heterocycles. The minimum atomic E-state index is -0.551. The number of carbonyl (C=O) groups is 1. The largest absolute Gasteiger partial charge is 0.348 e. The maximum Gasteiger partial charge on any atom is 0.238 e. The first-order valence-corrected chi connectivity index (χ1v) is 6.00. The fourth-order valence-electron chi connectivity index (χ4n) is 1.19. The van der Waals surface area contributed by atoms with Gasteiger partial charge < -0.3 is 5.32 Å². The highest BCUT2D eigenvalue weighted by Gasteiger charge is 2.14. The summed E-state index contributed by atoms with van der Waals surface area (Å²) >= 11 is 17.3. The number of carbonyl (C=O) groups excluding carboxylic acids is 1. The minimum Gasteiger partial charge on any atom is -0.348 e. The lowest BCUT2D eigenvalue weighted by Crippen LogP contribution is -2.31. The van der Waals surface area contributed by atoms with Crippen LogP contribution in [0, 0.1) is 0 Å². The van der Waals surface area contributed by atoms with Gasteiger partial charge in [-0.2, -0.15) is 0 Å². The van der Waals surface area contributed by atoms with Gasteiger partial charge in [-0.05, 0) is 31.5 Å². The van der Waals surface area contributed by atoms with Crippen molar-refractivity contribution in [2.24, 2.45) is 0 Å². The van der Waals surface area contributed by atoms with Crippen molar-refractivity contribution >= 4 is 40.7 Å². The maximum absolute atomic E-state index is 11.4. The monoisotopic (exact) mass is 279 g/mol. The van der Waals surface area contributed by atoms with E-state index in [9.17, 15) is 4.79 Å². The third kappa shape index (κ3) is 3.55. The highest BCUT2D eigenvalue weighted by atomic mass is 35.5. The molecule has 5 heteroatoms. The number of hydrogen-bond acceptors (Lipinski definition) is 1. The number of nitrogens with one attached hydrogen (secondary N) is 1.